The summed E-state index contributed by atoms with van der Waals surface area (Å²) in [6.45, 7) is 1.86. The maximum atomic E-state index is 13.9. The zero-order valence-corrected chi connectivity index (χ0v) is 15.4. The summed E-state index contributed by atoms with van der Waals surface area (Å²) in [6, 6.07) is 10.9. The van der Waals surface area contributed by atoms with Gasteiger partial charge in [0.05, 0.1) is 12.0 Å². The number of thioether (sulfide) groups is 1. The Labute approximate surface area is 159 Å². The lowest BCUT2D eigenvalue weighted by Gasteiger charge is -2.03. The van der Waals surface area contributed by atoms with Gasteiger partial charge in [0.25, 0.3) is 0 Å². The van der Waals surface area contributed by atoms with Crippen LogP contribution in [-0.2, 0) is 9.53 Å². The summed E-state index contributed by atoms with van der Waals surface area (Å²) in [5.41, 5.74) is 1.28. The molecule has 3 rings (SSSR count). The van der Waals surface area contributed by atoms with Gasteiger partial charge in [0.1, 0.15) is 33.6 Å². The van der Waals surface area contributed by atoms with E-state index in [1.165, 1.54) is 37.5 Å². The van der Waals surface area contributed by atoms with Crippen molar-refractivity contribution in [3.05, 3.63) is 75.6 Å². The van der Waals surface area contributed by atoms with Crippen LogP contribution in [0.25, 0.3) is 6.08 Å². The largest absolute Gasteiger partial charge is 0.507 e. The van der Waals surface area contributed by atoms with Crippen LogP contribution in [0, 0.1) is 12.7 Å². The molecule has 27 heavy (non-hydrogen) atoms. The number of carbonyl (C=O) groups is 1. The Balaban J connectivity index is 2.10. The fourth-order valence-electron chi connectivity index (χ4n) is 2.47. The fourth-order valence-corrected chi connectivity index (χ4v) is 3.49. The molecule has 0 saturated heterocycles. The van der Waals surface area contributed by atoms with Gasteiger partial charge in [0.2, 0.25) is 0 Å². The molecule has 2 N–H and O–H groups in total. The first kappa shape index (κ1) is 18.7. The van der Waals surface area contributed by atoms with Crippen molar-refractivity contribution in [2.24, 2.45) is 4.99 Å². The quantitative estimate of drug-likeness (QED) is 0.753. The number of benzene rings is 2. The van der Waals surface area contributed by atoms with Crippen LogP contribution in [0.1, 0.15) is 11.1 Å². The maximum Gasteiger partial charge on any atom is 0.344 e. The van der Waals surface area contributed by atoms with Crippen LogP contribution < -0.4 is 0 Å². The number of methoxy groups -OCH3 is 1. The van der Waals surface area contributed by atoms with E-state index in [2.05, 4.69) is 4.99 Å². The molecule has 1 aliphatic rings. The first-order valence-electron chi connectivity index (χ1n) is 7.95. The summed E-state index contributed by atoms with van der Waals surface area (Å²) in [5.74, 6) is -1.64. The van der Waals surface area contributed by atoms with E-state index in [4.69, 9.17) is 4.74 Å². The normalized spacial score (nSPS) is 17.0. The third-order valence-electron chi connectivity index (χ3n) is 3.82. The van der Waals surface area contributed by atoms with Gasteiger partial charge in [0.15, 0.2) is 0 Å². The lowest BCUT2D eigenvalue weighted by Crippen LogP contribution is -2.10. The monoisotopic (exact) mass is 385 g/mol. The minimum absolute atomic E-state index is 0.0283. The second-order valence-corrected chi connectivity index (χ2v) is 6.79. The van der Waals surface area contributed by atoms with Crippen molar-refractivity contribution in [1.29, 1.82) is 0 Å². The Hall–Kier alpha value is -3.06. The predicted molar refractivity (Wildman–Crippen MR) is 104 cm³/mol. The van der Waals surface area contributed by atoms with Crippen LogP contribution in [0.15, 0.2) is 63.7 Å². The number of esters is 1. The highest BCUT2D eigenvalue weighted by Crippen LogP contribution is 2.41. The number of halogens is 1. The third-order valence-corrected chi connectivity index (χ3v) is 4.84. The van der Waals surface area contributed by atoms with E-state index in [1.54, 1.807) is 18.2 Å². The molecule has 1 aliphatic heterocycles. The number of para-hydroxylation sites is 1. The van der Waals surface area contributed by atoms with E-state index in [9.17, 15) is 19.4 Å². The van der Waals surface area contributed by atoms with Gasteiger partial charge >= 0.3 is 5.97 Å². The summed E-state index contributed by atoms with van der Waals surface area (Å²) in [7, 11) is 1.18. The molecule has 138 valence electrons. The number of aliphatic imine (C=N–C) groups is 1. The molecular formula is C20H16FNO4S. The van der Waals surface area contributed by atoms with Gasteiger partial charge in [-0.05, 0) is 37.3 Å². The van der Waals surface area contributed by atoms with E-state index in [0.717, 1.165) is 17.3 Å². The van der Waals surface area contributed by atoms with Gasteiger partial charge < -0.3 is 14.9 Å². The van der Waals surface area contributed by atoms with Crippen LogP contribution in [-0.4, -0.2) is 28.3 Å². The number of aliphatic hydroxyl groups excluding tert-OH is 1. The summed E-state index contributed by atoms with van der Waals surface area (Å²) in [5, 5.41) is 20.7. The van der Waals surface area contributed by atoms with Gasteiger partial charge in [-0.1, -0.05) is 35.5 Å². The van der Waals surface area contributed by atoms with Crippen molar-refractivity contribution in [1.82, 2.24) is 0 Å². The van der Waals surface area contributed by atoms with E-state index in [1.807, 2.05) is 6.92 Å². The molecule has 0 fully saturated rings. The number of carbonyl (C=O) groups excluding carboxylic acids is 1. The molecule has 2 aromatic rings. The first-order valence-corrected chi connectivity index (χ1v) is 8.77. The number of hydrogen-bond donors (Lipinski definition) is 2. The number of aromatic hydroxyl groups is 1. The van der Waals surface area contributed by atoms with Crippen molar-refractivity contribution in [3.8, 4) is 5.75 Å². The topological polar surface area (TPSA) is 79.1 Å². The number of aliphatic hydroxyl groups is 1. The van der Waals surface area contributed by atoms with Gasteiger partial charge in [-0.25, -0.2) is 14.2 Å². The number of rotatable bonds is 3. The molecule has 0 unspecified atom stereocenters. The van der Waals surface area contributed by atoms with Gasteiger partial charge in [-0.2, -0.15) is 0 Å². The zero-order valence-electron chi connectivity index (χ0n) is 14.6. The Morgan fingerprint density at radius 1 is 1.22 bits per heavy atom. The van der Waals surface area contributed by atoms with Crippen molar-refractivity contribution < 1.29 is 24.1 Å². The standard InChI is InChI=1S/C20H16FNO4S/c1-11-7-8-15(23)12(9-11)10-16-18(24)17(20(25)26-2)19(27-16)22-14-6-4-3-5-13(14)21/h3-10,23-24H,1-2H3. The number of nitrogens with zero attached hydrogens (tertiary/aromatic N) is 1. The average Bonchev–Trinajstić information content (AvgIpc) is 2.95. The van der Waals surface area contributed by atoms with E-state index in [0.29, 0.717) is 10.5 Å². The first-order chi connectivity index (χ1) is 12.9. The molecular weight excluding hydrogens is 369 g/mol. The van der Waals surface area contributed by atoms with Gasteiger partial charge in [-0.15, -0.1) is 0 Å². The molecule has 0 radical (unpaired) electrons. The van der Waals surface area contributed by atoms with Crippen LogP contribution in [0.5, 0.6) is 5.75 Å². The number of aryl methyl sites for hydroxylation is 1. The van der Waals surface area contributed by atoms with Crippen molar-refractivity contribution >= 4 is 34.5 Å². The average molecular weight is 385 g/mol. The van der Waals surface area contributed by atoms with Crippen molar-refractivity contribution in [2.45, 2.75) is 6.92 Å². The van der Waals surface area contributed by atoms with Crippen LogP contribution in [0.4, 0.5) is 10.1 Å². The van der Waals surface area contributed by atoms with E-state index in [-0.39, 0.29) is 27.8 Å². The summed E-state index contributed by atoms with van der Waals surface area (Å²) in [4.78, 5) is 16.6. The summed E-state index contributed by atoms with van der Waals surface area (Å²) in [6.07, 6.45) is 1.54. The molecule has 0 aliphatic carbocycles. The zero-order chi connectivity index (χ0) is 19.6. The molecule has 0 saturated carbocycles. The van der Waals surface area contributed by atoms with Crippen LogP contribution >= 0.6 is 11.8 Å². The smallest absolute Gasteiger partial charge is 0.344 e. The summed E-state index contributed by atoms with van der Waals surface area (Å²) < 4.78 is 18.7. The van der Waals surface area contributed by atoms with Gasteiger partial charge in [0, 0.05) is 5.56 Å². The summed E-state index contributed by atoms with van der Waals surface area (Å²) >= 11 is 0.992. The fraction of sp³-hybridized carbons (Fsp3) is 0.100. The minimum Gasteiger partial charge on any atom is -0.507 e. The number of phenols is 1. The number of hydrogen-bond acceptors (Lipinski definition) is 6. The number of phenolic OH excluding ortho intramolecular Hbond substituents is 1. The highest BCUT2D eigenvalue weighted by Gasteiger charge is 2.33. The lowest BCUT2D eigenvalue weighted by molar-refractivity contribution is -0.135. The molecule has 0 spiro atoms. The number of ether oxygens (including phenoxy) is 1. The molecule has 5 nitrogen and oxygen atoms in total. The molecule has 7 heteroatoms. The van der Waals surface area contributed by atoms with Crippen LogP contribution in [0.3, 0.4) is 0 Å². The Bertz CT molecular complexity index is 1010. The molecule has 0 atom stereocenters. The Morgan fingerprint density at radius 2 is 1.96 bits per heavy atom. The van der Waals surface area contributed by atoms with E-state index < -0.39 is 11.8 Å². The molecule has 1 heterocycles. The maximum absolute atomic E-state index is 13.9. The van der Waals surface area contributed by atoms with Crippen LogP contribution in [0.2, 0.25) is 0 Å². The van der Waals surface area contributed by atoms with Crippen molar-refractivity contribution in [2.75, 3.05) is 7.11 Å². The van der Waals surface area contributed by atoms with E-state index >= 15 is 0 Å². The Morgan fingerprint density at radius 3 is 2.67 bits per heavy atom. The molecule has 0 amide bonds. The van der Waals surface area contributed by atoms with Crippen molar-refractivity contribution in [3.63, 3.8) is 0 Å². The second-order valence-electron chi connectivity index (χ2n) is 5.76. The third kappa shape index (κ3) is 3.88. The molecule has 2 aromatic carbocycles. The SMILES string of the molecule is COC(=O)C1=C(O)C(=Cc2cc(C)ccc2O)SC1=Nc1ccccc1F. The van der Waals surface area contributed by atoms with Gasteiger partial charge in [-0.3, -0.25) is 0 Å². The predicted octanol–water partition coefficient (Wildman–Crippen LogP) is 4.64. The minimum atomic E-state index is -0.785. The lowest BCUT2D eigenvalue weighted by atomic mass is 10.1. The molecule has 0 bridgehead atoms. The second kappa shape index (κ2) is 7.67. The molecule has 0 aromatic heterocycles. The highest BCUT2D eigenvalue weighted by molar-refractivity contribution is 8.18. The highest BCUT2D eigenvalue weighted by atomic mass is 32.2. The Kier molecular flexibility index (Phi) is 5.32.